The normalized spacial score (nSPS) is 18.7. The molecule has 2 aromatic rings. The highest BCUT2D eigenvalue weighted by Crippen LogP contribution is 2.48. The molecule has 0 fully saturated rings. The summed E-state index contributed by atoms with van der Waals surface area (Å²) in [5, 5.41) is 10.8. The molecular weight excluding hydrogens is 624 g/mol. The molecule has 148 valence electrons. The highest BCUT2D eigenvalue weighted by molar-refractivity contribution is 9.11. The van der Waals surface area contributed by atoms with Gasteiger partial charge in [-0.3, -0.25) is 9.59 Å². The fourth-order valence-corrected chi connectivity index (χ4v) is 6.43. The zero-order valence-electron chi connectivity index (χ0n) is 15.2. The molecule has 2 atom stereocenters. The fraction of sp³-hybridized carbons (Fsp3) is 0.300. The molecule has 0 aliphatic carbocycles. The predicted molar refractivity (Wildman–Crippen MR) is 121 cm³/mol. The van der Waals surface area contributed by atoms with Gasteiger partial charge in [-0.2, -0.15) is 0 Å². The SMILES string of the molecule is Cc1c(Br)c2c(c(Br)c1C=O)C(O)OC(c1c(C)c(Br)c(C)c(C=O)c1Br)C2. The molecule has 4 nitrogen and oxygen atoms in total. The first-order valence-electron chi connectivity index (χ1n) is 8.37. The Hall–Kier alpha value is -0.380. The van der Waals surface area contributed by atoms with Crippen LogP contribution in [0.4, 0.5) is 0 Å². The molecule has 1 aliphatic rings. The van der Waals surface area contributed by atoms with E-state index in [2.05, 4.69) is 63.7 Å². The molecule has 3 rings (SSSR count). The van der Waals surface area contributed by atoms with Gasteiger partial charge in [0.25, 0.3) is 0 Å². The minimum absolute atomic E-state index is 0.471. The molecule has 1 heterocycles. The number of hydrogen-bond acceptors (Lipinski definition) is 4. The van der Waals surface area contributed by atoms with Crippen molar-refractivity contribution in [2.75, 3.05) is 0 Å². The van der Waals surface area contributed by atoms with Gasteiger partial charge >= 0.3 is 0 Å². The minimum atomic E-state index is -1.22. The topological polar surface area (TPSA) is 63.6 Å². The zero-order valence-corrected chi connectivity index (χ0v) is 21.5. The molecule has 0 spiro atoms. The number of ether oxygens (including phenoxy) is 1. The Morgan fingerprint density at radius 2 is 1.32 bits per heavy atom. The summed E-state index contributed by atoms with van der Waals surface area (Å²) in [6, 6.07) is 0. The summed E-state index contributed by atoms with van der Waals surface area (Å²) in [4.78, 5) is 23.1. The van der Waals surface area contributed by atoms with Gasteiger partial charge in [0.15, 0.2) is 18.9 Å². The van der Waals surface area contributed by atoms with Crippen molar-refractivity contribution >= 4 is 76.3 Å². The lowest BCUT2D eigenvalue weighted by atomic mass is 9.88. The Balaban J connectivity index is 2.23. The number of rotatable bonds is 3. The van der Waals surface area contributed by atoms with Crippen molar-refractivity contribution < 1.29 is 19.4 Å². The van der Waals surface area contributed by atoms with Crippen LogP contribution in [-0.4, -0.2) is 17.7 Å². The third-order valence-electron chi connectivity index (χ3n) is 5.22. The van der Waals surface area contributed by atoms with Crippen LogP contribution in [0.1, 0.15) is 66.5 Å². The maximum absolute atomic E-state index is 11.6. The van der Waals surface area contributed by atoms with E-state index in [1.807, 2.05) is 20.8 Å². The van der Waals surface area contributed by atoms with Gasteiger partial charge in [-0.25, -0.2) is 0 Å². The van der Waals surface area contributed by atoms with Gasteiger partial charge < -0.3 is 9.84 Å². The average molecular weight is 640 g/mol. The number of halogens is 4. The van der Waals surface area contributed by atoms with Crippen molar-refractivity contribution in [2.24, 2.45) is 0 Å². The number of hydrogen-bond donors (Lipinski definition) is 1. The smallest absolute Gasteiger partial charge is 0.183 e. The highest BCUT2D eigenvalue weighted by Gasteiger charge is 2.35. The number of fused-ring (bicyclic) bond motifs is 1. The van der Waals surface area contributed by atoms with Gasteiger partial charge in [-0.1, -0.05) is 31.9 Å². The summed E-state index contributed by atoms with van der Waals surface area (Å²) in [7, 11) is 0. The fourth-order valence-electron chi connectivity index (χ4n) is 3.64. The summed E-state index contributed by atoms with van der Waals surface area (Å²) >= 11 is 14.2. The van der Waals surface area contributed by atoms with Crippen LogP contribution in [0.25, 0.3) is 0 Å². The third kappa shape index (κ3) is 3.40. The van der Waals surface area contributed by atoms with E-state index in [0.717, 1.165) is 49.3 Å². The van der Waals surface area contributed by atoms with Crippen LogP contribution in [0.3, 0.4) is 0 Å². The van der Waals surface area contributed by atoms with Crippen molar-refractivity contribution in [3.63, 3.8) is 0 Å². The van der Waals surface area contributed by atoms with Crippen molar-refractivity contribution in [1.29, 1.82) is 0 Å². The van der Waals surface area contributed by atoms with Gasteiger partial charge in [0.2, 0.25) is 0 Å². The Morgan fingerprint density at radius 1 is 0.821 bits per heavy atom. The van der Waals surface area contributed by atoms with Crippen molar-refractivity contribution in [3.8, 4) is 0 Å². The van der Waals surface area contributed by atoms with Crippen LogP contribution in [0.15, 0.2) is 17.9 Å². The second kappa shape index (κ2) is 8.40. The summed E-state index contributed by atoms with van der Waals surface area (Å²) in [5.41, 5.74) is 5.82. The van der Waals surface area contributed by atoms with Crippen LogP contribution < -0.4 is 0 Å². The highest BCUT2D eigenvalue weighted by atomic mass is 79.9. The third-order valence-corrected chi connectivity index (χ3v) is 9.19. The molecule has 0 saturated heterocycles. The molecule has 0 aromatic heterocycles. The summed E-state index contributed by atoms with van der Waals surface area (Å²) in [5.74, 6) is 0. The molecule has 1 aliphatic heterocycles. The van der Waals surface area contributed by atoms with E-state index < -0.39 is 12.4 Å². The first-order chi connectivity index (χ1) is 13.1. The second-order valence-electron chi connectivity index (χ2n) is 6.68. The van der Waals surface area contributed by atoms with E-state index in [1.165, 1.54) is 0 Å². The second-order valence-corrected chi connectivity index (χ2v) is 9.85. The number of benzene rings is 2. The maximum Gasteiger partial charge on any atom is 0.183 e. The lowest BCUT2D eigenvalue weighted by Gasteiger charge is -2.34. The quantitative estimate of drug-likeness (QED) is 0.385. The zero-order chi connectivity index (χ0) is 20.9. The Morgan fingerprint density at radius 3 is 1.86 bits per heavy atom. The molecule has 1 N–H and O–H groups in total. The lowest BCUT2D eigenvalue weighted by molar-refractivity contribution is -0.152. The molecule has 0 radical (unpaired) electrons. The molecule has 2 aromatic carbocycles. The van der Waals surface area contributed by atoms with E-state index in [4.69, 9.17) is 4.74 Å². The summed E-state index contributed by atoms with van der Waals surface area (Å²) in [6.07, 6.45) is 0.353. The van der Waals surface area contributed by atoms with Crippen LogP contribution >= 0.6 is 63.7 Å². The molecule has 2 unspecified atom stereocenters. The van der Waals surface area contributed by atoms with Crippen molar-refractivity contribution in [2.45, 2.75) is 39.6 Å². The van der Waals surface area contributed by atoms with Gasteiger partial charge in [0.05, 0.1) is 6.10 Å². The number of aliphatic hydroxyl groups is 1. The molecule has 0 bridgehead atoms. The van der Waals surface area contributed by atoms with E-state index in [1.54, 1.807) is 0 Å². The predicted octanol–water partition coefficient (Wildman–Crippen LogP) is 6.59. The van der Waals surface area contributed by atoms with E-state index in [0.29, 0.717) is 32.1 Å². The van der Waals surface area contributed by atoms with Crippen LogP contribution in [-0.2, 0) is 11.2 Å². The number of aliphatic hydroxyl groups excluding tert-OH is 1. The van der Waals surface area contributed by atoms with Crippen LogP contribution in [0.5, 0.6) is 0 Å². The largest absolute Gasteiger partial charge is 0.364 e. The van der Waals surface area contributed by atoms with Gasteiger partial charge in [0.1, 0.15) is 0 Å². The van der Waals surface area contributed by atoms with Crippen LogP contribution in [0.2, 0.25) is 0 Å². The van der Waals surface area contributed by atoms with Gasteiger partial charge in [-0.15, -0.1) is 0 Å². The van der Waals surface area contributed by atoms with E-state index >= 15 is 0 Å². The monoisotopic (exact) mass is 636 g/mol. The van der Waals surface area contributed by atoms with E-state index in [-0.39, 0.29) is 0 Å². The number of aldehydes is 2. The standard InChI is InChI=1S/C20H16Br4O4/c1-7-11(5-25)18(23)14(9(3)16(7)21)13-4-10-15(20(27)28-13)19(24)12(6-26)8(2)17(10)22/h5-6,13,20,27H,4H2,1-3H3. The number of carbonyl (C=O) groups is 2. The maximum atomic E-state index is 11.6. The van der Waals surface area contributed by atoms with Crippen LogP contribution in [0, 0.1) is 20.8 Å². The summed E-state index contributed by atoms with van der Waals surface area (Å²) in [6.45, 7) is 5.67. The molecule has 8 heteroatoms. The summed E-state index contributed by atoms with van der Waals surface area (Å²) < 4.78 is 8.77. The van der Waals surface area contributed by atoms with E-state index in [9.17, 15) is 14.7 Å². The van der Waals surface area contributed by atoms with Gasteiger partial charge in [0, 0.05) is 46.6 Å². The van der Waals surface area contributed by atoms with Crippen molar-refractivity contribution in [1.82, 2.24) is 0 Å². The van der Waals surface area contributed by atoms with Crippen molar-refractivity contribution in [3.05, 3.63) is 62.4 Å². The first kappa shape index (κ1) is 22.3. The molecule has 0 amide bonds. The average Bonchev–Trinajstić information content (AvgIpc) is 2.65. The molecular formula is C20H16Br4O4. The number of carbonyl (C=O) groups excluding carboxylic acids is 2. The molecule has 28 heavy (non-hydrogen) atoms. The minimum Gasteiger partial charge on any atom is -0.364 e. The Labute approximate surface area is 196 Å². The van der Waals surface area contributed by atoms with Gasteiger partial charge in [-0.05, 0) is 74.9 Å². The Kier molecular flexibility index (Phi) is 6.69. The lowest BCUT2D eigenvalue weighted by Crippen LogP contribution is -2.24. The first-order valence-corrected chi connectivity index (χ1v) is 11.5. The molecule has 0 saturated carbocycles. The Bertz CT molecular complexity index is 1020.